The van der Waals surface area contributed by atoms with E-state index in [0.717, 1.165) is 0 Å². The number of anilines is 1. The zero-order chi connectivity index (χ0) is 18.0. The second-order valence-electron chi connectivity index (χ2n) is 5.63. The Hall–Kier alpha value is -3.28. The molecule has 1 amide bonds. The van der Waals surface area contributed by atoms with Crippen LogP contribution in [0.1, 0.15) is 18.0 Å². The van der Waals surface area contributed by atoms with Gasteiger partial charge in [-0.15, -0.1) is 0 Å². The lowest BCUT2D eigenvalue weighted by Crippen LogP contribution is -2.30. The fourth-order valence-electron chi connectivity index (χ4n) is 2.99. The molecular formula is C19H17NO5. The molecule has 3 rings (SSSR count). The highest BCUT2D eigenvalue weighted by Crippen LogP contribution is 2.42. The minimum absolute atomic E-state index is 0.173. The quantitative estimate of drug-likeness (QED) is 0.874. The van der Waals surface area contributed by atoms with Crippen molar-refractivity contribution in [1.29, 1.82) is 0 Å². The highest BCUT2D eigenvalue weighted by molar-refractivity contribution is 6.09. The summed E-state index contributed by atoms with van der Waals surface area (Å²) in [6, 6.07) is 15.2. The normalized spacial score (nSPS) is 17.1. The van der Waals surface area contributed by atoms with E-state index in [1.807, 2.05) is 6.07 Å². The monoisotopic (exact) mass is 339 g/mol. The van der Waals surface area contributed by atoms with Crippen LogP contribution in [0.25, 0.3) is 0 Å². The van der Waals surface area contributed by atoms with Crippen LogP contribution in [0.4, 0.5) is 5.69 Å². The standard InChI is InChI=1S/C19H17NO5/c1-25-14-9-7-12(8-10-14)17-15(11-16(21)22)18(23)19(24)20(17)13-5-3-2-4-6-13/h2-10,17,23H,11H2,1H3,(H,21,22)/t17-/m1/s1. The van der Waals surface area contributed by atoms with Gasteiger partial charge in [0.05, 0.1) is 19.6 Å². The number of carboxylic acid groups (broad SMARTS) is 1. The first-order valence-electron chi connectivity index (χ1n) is 7.69. The molecule has 2 N–H and O–H groups in total. The molecule has 1 heterocycles. The maximum Gasteiger partial charge on any atom is 0.307 e. The van der Waals surface area contributed by atoms with Gasteiger partial charge in [0, 0.05) is 11.3 Å². The topological polar surface area (TPSA) is 87.1 Å². The van der Waals surface area contributed by atoms with Crippen molar-refractivity contribution in [3.63, 3.8) is 0 Å². The van der Waals surface area contributed by atoms with Gasteiger partial charge < -0.3 is 14.9 Å². The molecule has 0 saturated heterocycles. The number of aliphatic carboxylic acids is 1. The first-order valence-corrected chi connectivity index (χ1v) is 7.69. The Kier molecular flexibility index (Phi) is 4.43. The van der Waals surface area contributed by atoms with Crippen molar-refractivity contribution >= 4 is 17.6 Å². The number of nitrogens with zero attached hydrogens (tertiary/aromatic N) is 1. The Morgan fingerprint density at radius 3 is 2.32 bits per heavy atom. The number of hydrogen-bond acceptors (Lipinski definition) is 4. The van der Waals surface area contributed by atoms with E-state index in [0.29, 0.717) is 17.0 Å². The smallest absolute Gasteiger partial charge is 0.307 e. The molecule has 1 atom stereocenters. The SMILES string of the molecule is COc1ccc([C@@H]2C(CC(=O)O)=C(O)C(=O)N2c2ccccc2)cc1. The van der Waals surface area contributed by atoms with E-state index >= 15 is 0 Å². The van der Waals surface area contributed by atoms with Gasteiger partial charge in [0.25, 0.3) is 5.91 Å². The number of amides is 1. The molecule has 0 unspecified atom stereocenters. The Balaban J connectivity index is 2.11. The van der Waals surface area contributed by atoms with E-state index in [1.165, 1.54) is 4.90 Å². The van der Waals surface area contributed by atoms with Crippen LogP contribution in [0.3, 0.4) is 0 Å². The van der Waals surface area contributed by atoms with Gasteiger partial charge in [-0.1, -0.05) is 30.3 Å². The van der Waals surface area contributed by atoms with E-state index in [9.17, 15) is 19.8 Å². The van der Waals surface area contributed by atoms with Crippen LogP contribution in [0.5, 0.6) is 5.75 Å². The molecule has 2 aromatic rings. The van der Waals surface area contributed by atoms with Gasteiger partial charge in [0.15, 0.2) is 5.76 Å². The molecule has 128 valence electrons. The summed E-state index contributed by atoms with van der Waals surface area (Å²) in [6.45, 7) is 0. The number of benzene rings is 2. The molecule has 0 bridgehead atoms. The van der Waals surface area contributed by atoms with Gasteiger partial charge in [-0.25, -0.2) is 0 Å². The number of para-hydroxylation sites is 1. The number of ether oxygens (including phenoxy) is 1. The summed E-state index contributed by atoms with van der Waals surface area (Å²) in [4.78, 5) is 25.2. The second-order valence-corrected chi connectivity index (χ2v) is 5.63. The molecule has 0 saturated carbocycles. The number of carbonyl (C=O) groups excluding carboxylic acids is 1. The van der Waals surface area contributed by atoms with Crippen molar-refractivity contribution in [2.45, 2.75) is 12.5 Å². The zero-order valence-corrected chi connectivity index (χ0v) is 13.5. The van der Waals surface area contributed by atoms with Crippen LogP contribution in [-0.4, -0.2) is 29.2 Å². The fraction of sp³-hybridized carbons (Fsp3) is 0.158. The first-order chi connectivity index (χ1) is 12.0. The average molecular weight is 339 g/mol. The van der Waals surface area contributed by atoms with Gasteiger partial charge in [-0.05, 0) is 29.8 Å². The molecular weight excluding hydrogens is 322 g/mol. The molecule has 0 aliphatic carbocycles. The highest BCUT2D eigenvalue weighted by atomic mass is 16.5. The van der Waals surface area contributed by atoms with Crippen LogP contribution >= 0.6 is 0 Å². The van der Waals surface area contributed by atoms with Crippen molar-refractivity contribution in [2.75, 3.05) is 12.0 Å². The number of rotatable bonds is 5. The molecule has 6 heteroatoms. The molecule has 0 aromatic heterocycles. The summed E-state index contributed by atoms with van der Waals surface area (Å²) in [7, 11) is 1.55. The number of aliphatic hydroxyl groups is 1. The molecule has 25 heavy (non-hydrogen) atoms. The second kappa shape index (κ2) is 6.68. The van der Waals surface area contributed by atoms with Crippen molar-refractivity contribution in [1.82, 2.24) is 0 Å². The van der Waals surface area contributed by atoms with E-state index in [1.54, 1.807) is 55.6 Å². The summed E-state index contributed by atoms with van der Waals surface area (Å²) in [5, 5.41) is 19.5. The largest absolute Gasteiger partial charge is 0.503 e. The van der Waals surface area contributed by atoms with Crippen LogP contribution in [0, 0.1) is 0 Å². The maximum atomic E-state index is 12.6. The van der Waals surface area contributed by atoms with Crippen molar-refractivity contribution < 1.29 is 24.5 Å². The van der Waals surface area contributed by atoms with Gasteiger partial charge in [0.2, 0.25) is 0 Å². The Labute approximate surface area is 144 Å². The lowest BCUT2D eigenvalue weighted by Gasteiger charge is -2.27. The Morgan fingerprint density at radius 2 is 1.76 bits per heavy atom. The van der Waals surface area contributed by atoms with Crippen LogP contribution < -0.4 is 9.64 Å². The van der Waals surface area contributed by atoms with E-state index in [4.69, 9.17) is 4.74 Å². The average Bonchev–Trinajstić information content (AvgIpc) is 2.87. The minimum Gasteiger partial charge on any atom is -0.503 e. The van der Waals surface area contributed by atoms with Crippen LogP contribution in [0.2, 0.25) is 0 Å². The first kappa shape index (κ1) is 16.6. The number of carbonyl (C=O) groups is 2. The third-order valence-corrected chi connectivity index (χ3v) is 4.12. The van der Waals surface area contributed by atoms with Crippen molar-refractivity contribution in [3.05, 3.63) is 71.5 Å². The number of aliphatic hydroxyl groups excluding tert-OH is 1. The zero-order valence-electron chi connectivity index (χ0n) is 13.5. The molecule has 0 spiro atoms. The third kappa shape index (κ3) is 3.06. The van der Waals surface area contributed by atoms with Crippen LogP contribution in [-0.2, 0) is 9.59 Å². The Morgan fingerprint density at radius 1 is 1.12 bits per heavy atom. The molecule has 0 radical (unpaired) electrons. The molecule has 2 aromatic carbocycles. The summed E-state index contributed by atoms with van der Waals surface area (Å²) in [5.74, 6) is -1.58. The van der Waals surface area contributed by atoms with Crippen molar-refractivity contribution in [2.24, 2.45) is 0 Å². The van der Waals surface area contributed by atoms with Gasteiger partial charge in [-0.3, -0.25) is 14.5 Å². The van der Waals surface area contributed by atoms with E-state index in [2.05, 4.69) is 0 Å². The van der Waals surface area contributed by atoms with Gasteiger partial charge in [0.1, 0.15) is 5.75 Å². The predicted molar refractivity (Wildman–Crippen MR) is 91.6 cm³/mol. The Bertz CT molecular complexity index is 827. The summed E-state index contributed by atoms with van der Waals surface area (Å²) >= 11 is 0. The highest BCUT2D eigenvalue weighted by Gasteiger charge is 2.41. The fourth-order valence-corrected chi connectivity index (χ4v) is 2.99. The third-order valence-electron chi connectivity index (χ3n) is 4.12. The predicted octanol–water partition coefficient (Wildman–Crippen LogP) is 3.07. The lowest BCUT2D eigenvalue weighted by atomic mass is 9.96. The molecule has 1 aliphatic heterocycles. The molecule has 6 nitrogen and oxygen atoms in total. The molecule has 1 aliphatic rings. The maximum absolute atomic E-state index is 12.6. The summed E-state index contributed by atoms with van der Waals surface area (Å²) in [5.41, 5.74) is 1.45. The number of methoxy groups -OCH3 is 1. The molecule has 0 fully saturated rings. The number of carboxylic acids is 1. The minimum atomic E-state index is -1.11. The van der Waals surface area contributed by atoms with Crippen LogP contribution in [0.15, 0.2) is 65.9 Å². The summed E-state index contributed by atoms with van der Waals surface area (Å²) in [6.07, 6.45) is -0.419. The van der Waals surface area contributed by atoms with Crippen molar-refractivity contribution in [3.8, 4) is 5.75 Å². The lowest BCUT2D eigenvalue weighted by molar-refractivity contribution is -0.136. The van der Waals surface area contributed by atoms with E-state index < -0.39 is 30.1 Å². The van der Waals surface area contributed by atoms with E-state index in [-0.39, 0.29) is 5.57 Å². The summed E-state index contributed by atoms with van der Waals surface area (Å²) < 4.78 is 5.14. The van der Waals surface area contributed by atoms with Gasteiger partial charge >= 0.3 is 5.97 Å². The number of hydrogen-bond donors (Lipinski definition) is 2. The van der Waals surface area contributed by atoms with Gasteiger partial charge in [-0.2, -0.15) is 0 Å².